The van der Waals surface area contributed by atoms with Crippen molar-refractivity contribution in [1.29, 1.82) is 0 Å². The number of hydrogen-bond acceptors (Lipinski definition) is 6. The van der Waals surface area contributed by atoms with Crippen LogP contribution in [0.1, 0.15) is 43.2 Å². The van der Waals surface area contributed by atoms with Crippen LogP contribution in [-0.4, -0.2) is 57.0 Å². The molecular formula is C38H39Cl2N3O6S. The molecule has 4 aromatic rings. The van der Waals surface area contributed by atoms with Gasteiger partial charge in [0.05, 0.1) is 10.6 Å². The van der Waals surface area contributed by atoms with Crippen molar-refractivity contribution in [2.75, 3.05) is 24.1 Å². The van der Waals surface area contributed by atoms with E-state index >= 15 is 0 Å². The van der Waals surface area contributed by atoms with E-state index in [0.717, 1.165) is 42.0 Å². The molecule has 1 fully saturated rings. The Labute approximate surface area is 303 Å². The SMILES string of the molecule is O=C(NC1CCCCC1)C(Cc1ccccc1)N(Cc1ccc(Cl)cc1Cl)C(=O)CN(c1ccc2c(c1)OCCO2)S(=O)(=O)c1ccccc1. The number of fused-ring (bicyclic) bond motifs is 1. The van der Waals surface area contributed by atoms with Crippen molar-refractivity contribution in [3.8, 4) is 11.5 Å². The molecule has 2 aliphatic rings. The first-order valence-corrected chi connectivity index (χ1v) is 18.9. The average molecular weight is 737 g/mol. The highest BCUT2D eigenvalue weighted by Crippen LogP contribution is 2.36. The fourth-order valence-corrected chi connectivity index (χ4v) is 8.26. The Morgan fingerprint density at radius 2 is 1.50 bits per heavy atom. The number of rotatable bonds is 12. The number of carbonyl (C=O) groups excluding carboxylic acids is 2. The number of sulfonamides is 1. The molecule has 50 heavy (non-hydrogen) atoms. The van der Waals surface area contributed by atoms with Gasteiger partial charge in [0.1, 0.15) is 25.8 Å². The summed E-state index contributed by atoms with van der Waals surface area (Å²) in [5.41, 5.74) is 1.61. The molecule has 12 heteroatoms. The van der Waals surface area contributed by atoms with Gasteiger partial charge >= 0.3 is 0 Å². The van der Waals surface area contributed by atoms with Gasteiger partial charge < -0.3 is 19.7 Å². The van der Waals surface area contributed by atoms with Crippen molar-refractivity contribution >= 4 is 50.7 Å². The van der Waals surface area contributed by atoms with E-state index in [-0.39, 0.29) is 35.5 Å². The highest BCUT2D eigenvalue weighted by molar-refractivity contribution is 7.92. The zero-order valence-corrected chi connectivity index (χ0v) is 29.8. The maximum absolute atomic E-state index is 14.8. The summed E-state index contributed by atoms with van der Waals surface area (Å²) in [6.07, 6.45) is 5.05. The highest BCUT2D eigenvalue weighted by atomic mass is 35.5. The van der Waals surface area contributed by atoms with E-state index in [9.17, 15) is 18.0 Å². The largest absolute Gasteiger partial charge is 0.486 e. The molecule has 1 saturated carbocycles. The second-order valence-corrected chi connectivity index (χ2v) is 15.2. The van der Waals surface area contributed by atoms with Gasteiger partial charge in [-0.3, -0.25) is 13.9 Å². The lowest BCUT2D eigenvalue weighted by Crippen LogP contribution is -2.55. The summed E-state index contributed by atoms with van der Waals surface area (Å²) in [6.45, 7) is -0.00656. The second-order valence-electron chi connectivity index (χ2n) is 12.5. The molecule has 6 rings (SSSR count). The summed E-state index contributed by atoms with van der Waals surface area (Å²) in [5, 5.41) is 3.95. The molecule has 4 aromatic carbocycles. The normalized spacial score (nSPS) is 15.2. The van der Waals surface area contributed by atoms with Crippen LogP contribution in [0.15, 0.2) is 102 Å². The number of halogens is 2. The molecule has 1 unspecified atom stereocenters. The van der Waals surface area contributed by atoms with Crippen molar-refractivity contribution in [2.45, 2.75) is 62.0 Å². The van der Waals surface area contributed by atoms with Crippen molar-refractivity contribution in [3.05, 3.63) is 118 Å². The van der Waals surface area contributed by atoms with Gasteiger partial charge in [-0.15, -0.1) is 0 Å². The molecule has 0 radical (unpaired) electrons. The minimum Gasteiger partial charge on any atom is -0.486 e. The highest BCUT2D eigenvalue weighted by Gasteiger charge is 2.36. The maximum Gasteiger partial charge on any atom is 0.264 e. The molecule has 0 spiro atoms. The quantitative estimate of drug-likeness (QED) is 0.167. The number of hydrogen-bond donors (Lipinski definition) is 1. The molecule has 9 nitrogen and oxygen atoms in total. The monoisotopic (exact) mass is 735 g/mol. The number of nitrogens with one attached hydrogen (secondary N) is 1. The Morgan fingerprint density at radius 1 is 0.820 bits per heavy atom. The first-order valence-electron chi connectivity index (χ1n) is 16.7. The molecule has 0 saturated heterocycles. The van der Waals surface area contributed by atoms with Crippen LogP contribution >= 0.6 is 23.2 Å². The number of ether oxygens (including phenoxy) is 2. The van der Waals surface area contributed by atoms with E-state index < -0.39 is 28.5 Å². The van der Waals surface area contributed by atoms with Gasteiger partial charge in [0.2, 0.25) is 11.8 Å². The summed E-state index contributed by atoms with van der Waals surface area (Å²) in [5.74, 6) is -0.0566. The molecule has 0 bridgehead atoms. The Bertz CT molecular complexity index is 1910. The second kappa shape index (κ2) is 16.2. The lowest BCUT2D eigenvalue weighted by atomic mass is 9.94. The Balaban J connectivity index is 1.42. The summed E-state index contributed by atoms with van der Waals surface area (Å²) >= 11 is 12.9. The van der Waals surface area contributed by atoms with Crippen LogP contribution in [0.4, 0.5) is 5.69 Å². The number of nitrogens with zero attached hydrogens (tertiary/aromatic N) is 2. The predicted octanol–water partition coefficient (Wildman–Crippen LogP) is 7.05. The molecule has 1 aliphatic heterocycles. The minimum absolute atomic E-state index is 0.00543. The zero-order valence-electron chi connectivity index (χ0n) is 27.5. The Hall–Kier alpha value is -4.25. The van der Waals surface area contributed by atoms with Crippen LogP contribution in [0.5, 0.6) is 11.5 Å². The van der Waals surface area contributed by atoms with Crippen LogP contribution in [0, 0.1) is 0 Å². The average Bonchev–Trinajstić information content (AvgIpc) is 3.13. The van der Waals surface area contributed by atoms with Crippen LogP contribution in [0.3, 0.4) is 0 Å². The molecule has 0 aromatic heterocycles. The van der Waals surface area contributed by atoms with E-state index in [4.69, 9.17) is 32.7 Å². The Kier molecular flexibility index (Phi) is 11.5. The molecule has 1 aliphatic carbocycles. The van der Waals surface area contributed by atoms with E-state index in [1.54, 1.807) is 54.6 Å². The number of anilines is 1. The standard InChI is InChI=1S/C38H39Cl2N3O6S/c39-29-17-16-28(33(40)23-29)25-42(34(22-27-10-4-1-5-11-27)38(45)41-30-12-6-2-7-13-30)37(44)26-43(50(46,47)32-14-8-3-9-15-32)31-18-19-35-36(24-31)49-21-20-48-35/h1,3-5,8-11,14-19,23-24,30,34H,2,6-7,12-13,20-22,25-26H2,(H,41,45). The van der Waals surface area contributed by atoms with E-state index in [1.165, 1.54) is 17.0 Å². The summed E-state index contributed by atoms with van der Waals surface area (Å²) in [6, 6.07) is 26.1. The summed E-state index contributed by atoms with van der Waals surface area (Å²) in [7, 11) is -4.28. The number of benzene rings is 4. The fourth-order valence-electron chi connectivity index (χ4n) is 6.37. The third kappa shape index (κ3) is 8.54. The van der Waals surface area contributed by atoms with Gasteiger partial charge in [0, 0.05) is 35.1 Å². The smallest absolute Gasteiger partial charge is 0.264 e. The van der Waals surface area contributed by atoms with Gasteiger partial charge in [0.15, 0.2) is 11.5 Å². The number of carbonyl (C=O) groups is 2. The van der Waals surface area contributed by atoms with Gasteiger partial charge in [-0.05, 0) is 60.4 Å². The topological polar surface area (TPSA) is 105 Å². The summed E-state index contributed by atoms with van der Waals surface area (Å²) < 4.78 is 41.2. The molecular weight excluding hydrogens is 697 g/mol. The molecule has 1 atom stereocenters. The van der Waals surface area contributed by atoms with Gasteiger partial charge in [0.25, 0.3) is 10.0 Å². The fraction of sp³-hybridized carbons (Fsp3) is 0.316. The van der Waals surface area contributed by atoms with Gasteiger partial charge in [-0.2, -0.15) is 0 Å². The predicted molar refractivity (Wildman–Crippen MR) is 194 cm³/mol. The molecule has 262 valence electrons. The maximum atomic E-state index is 14.8. The first-order chi connectivity index (χ1) is 24.2. The van der Waals surface area contributed by atoms with Crippen molar-refractivity contribution in [3.63, 3.8) is 0 Å². The van der Waals surface area contributed by atoms with Crippen LogP contribution in [0.25, 0.3) is 0 Å². The van der Waals surface area contributed by atoms with E-state index in [1.807, 2.05) is 30.3 Å². The molecule has 1 heterocycles. The van der Waals surface area contributed by atoms with E-state index in [2.05, 4.69) is 5.32 Å². The van der Waals surface area contributed by atoms with Crippen molar-refractivity contribution in [1.82, 2.24) is 10.2 Å². The van der Waals surface area contributed by atoms with Gasteiger partial charge in [-0.25, -0.2) is 8.42 Å². The van der Waals surface area contributed by atoms with Crippen LogP contribution < -0.4 is 19.1 Å². The minimum atomic E-state index is -4.28. The third-order valence-electron chi connectivity index (χ3n) is 9.00. The third-order valence-corrected chi connectivity index (χ3v) is 11.4. The van der Waals surface area contributed by atoms with E-state index in [0.29, 0.717) is 40.3 Å². The van der Waals surface area contributed by atoms with Gasteiger partial charge in [-0.1, -0.05) is 97.1 Å². The van der Waals surface area contributed by atoms with Crippen molar-refractivity contribution < 1.29 is 27.5 Å². The Morgan fingerprint density at radius 3 is 2.20 bits per heavy atom. The molecule has 1 N–H and O–H groups in total. The van der Waals surface area contributed by atoms with Crippen LogP contribution in [-0.2, 0) is 32.6 Å². The number of amides is 2. The lowest BCUT2D eigenvalue weighted by molar-refractivity contribution is -0.140. The zero-order chi connectivity index (χ0) is 35.1. The van der Waals surface area contributed by atoms with Crippen LogP contribution in [0.2, 0.25) is 10.0 Å². The lowest BCUT2D eigenvalue weighted by Gasteiger charge is -2.35. The first kappa shape index (κ1) is 35.6. The summed E-state index contributed by atoms with van der Waals surface area (Å²) in [4.78, 5) is 30.6. The van der Waals surface area contributed by atoms with Crippen molar-refractivity contribution in [2.24, 2.45) is 0 Å². The molecule has 2 amide bonds.